The zero-order chi connectivity index (χ0) is 24.9. The topological polar surface area (TPSA) is 96.5 Å². The molecule has 8 heteroatoms. The first-order valence-corrected chi connectivity index (χ1v) is 11.6. The molecule has 180 valence electrons. The van der Waals surface area contributed by atoms with Gasteiger partial charge in [0.05, 0.1) is 13.0 Å². The van der Waals surface area contributed by atoms with E-state index in [4.69, 9.17) is 17.0 Å². The lowest BCUT2D eigenvalue weighted by molar-refractivity contribution is -0.144. The molecule has 2 amide bonds. The number of anilines is 1. The lowest BCUT2D eigenvalue weighted by atomic mass is 10.2. The fraction of sp³-hybridized carbons (Fsp3) is 0.185. The molecule has 0 saturated heterocycles. The third-order valence-electron chi connectivity index (χ3n) is 5.01. The Kier molecular flexibility index (Phi) is 9.95. The molecular weight excluding hydrogens is 462 g/mol. The van der Waals surface area contributed by atoms with E-state index >= 15 is 0 Å². The first kappa shape index (κ1) is 25.6. The van der Waals surface area contributed by atoms with Crippen molar-refractivity contribution in [1.29, 1.82) is 0 Å². The molecule has 0 aliphatic rings. The van der Waals surface area contributed by atoms with Crippen LogP contribution in [0.5, 0.6) is 0 Å². The second-order valence-electron chi connectivity index (χ2n) is 7.70. The number of hydrogen-bond acceptors (Lipinski definition) is 5. The van der Waals surface area contributed by atoms with Crippen LogP contribution in [0, 0.1) is 0 Å². The van der Waals surface area contributed by atoms with Gasteiger partial charge in [-0.3, -0.25) is 14.4 Å². The second kappa shape index (κ2) is 13.6. The van der Waals surface area contributed by atoms with Crippen LogP contribution in [0.3, 0.4) is 0 Å². The molecule has 0 spiro atoms. The molecule has 0 fully saturated rings. The Morgan fingerprint density at radius 2 is 1.40 bits per heavy atom. The highest BCUT2D eigenvalue weighted by Crippen LogP contribution is 2.10. The molecule has 7 nitrogen and oxygen atoms in total. The maximum Gasteiger partial charge on any atom is 0.306 e. The Hall–Kier alpha value is -4.04. The van der Waals surface area contributed by atoms with E-state index in [2.05, 4.69) is 16.0 Å². The van der Waals surface area contributed by atoms with E-state index in [1.54, 1.807) is 24.3 Å². The molecule has 0 bridgehead atoms. The Morgan fingerprint density at radius 1 is 0.771 bits per heavy atom. The molecule has 3 N–H and O–H groups in total. The molecule has 3 aromatic carbocycles. The molecule has 0 radical (unpaired) electrons. The Morgan fingerprint density at radius 3 is 2.06 bits per heavy atom. The van der Waals surface area contributed by atoms with Crippen molar-refractivity contribution in [2.24, 2.45) is 0 Å². The van der Waals surface area contributed by atoms with Crippen LogP contribution in [-0.2, 0) is 27.3 Å². The van der Waals surface area contributed by atoms with Gasteiger partial charge in [0, 0.05) is 30.6 Å². The molecule has 0 aliphatic carbocycles. The van der Waals surface area contributed by atoms with Gasteiger partial charge in [-0.05, 0) is 47.6 Å². The summed E-state index contributed by atoms with van der Waals surface area (Å²) in [6.07, 6.45) is 0.558. The average molecular weight is 490 g/mol. The highest BCUT2D eigenvalue weighted by molar-refractivity contribution is 7.80. The monoisotopic (exact) mass is 489 g/mol. The van der Waals surface area contributed by atoms with E-state index in [1.165, 1.54) is 0 Å². The van der Waals surface area contributed by atoms with E-state index in [9.17, 15) is 14.4 Å². The summed E-state index contributed by atoms with van der Waals surface area (Å²) >= 11 is 5.16. The number of carbonyl (C=O) groups is 3. The van der Waals surface area contributed by atoms with Crippen molar-refractivity contribution in [1.82, 2.24) is 10.6 Å². The highest BCUT2D eigenvalue weighted by atomic mass is 32.1. The minimum Gasteiger partial charge on any atom is -0.465 e. The van der Waals surface area contributed by atoms with Crippen LogP contribution in [-0.4, -0.2) is 29.5 Å². The normalized spacial score (nSPS) is 10.2. The van der Waals surface area contributed by atoms with Gasteiger partial charge >= 0.3 is 5.97 Å². The number of hydrogen-bond donors (Lipinski definition) is 3. The van der Waals surface area contributed by atoms with E-state index in [0.29, 0.717) is 24.2 Å². The lowest BCUT2D eigenvalue weighted by Gasteiger charge is -2.10. The summed E-state index contributed by atoms with van der Waals surface area (Å²) in [6, 6.07) is 26.1. The summed E-state index contributed by atoms with van der Waals surface area (Å²) in [6.45, 7) is 0.709. The standard InChI is InChI=1S/C27H27N3O4S/c31-24(15-16-25(32)34-18-17-20-7-3-1-4-8-20)30-27(35)29-23-13-11-22(12-14-23)26(33)28-19-21-9-5-2-6-10-21/h1-14H,15-19H2,(H,28,33)(H2,29,30,31,35). The van der Waals surface area contributed by atoms with Gasteiger partial charge in [0.2, 0.25) is 5.91 Å². The highest BCUT2D eigenvalue weighted by Gasteiger charge is 2.10. The molecule has 0 unspecified atom stereocenters. The zero-order valence-corrected chi connectivity index (χ0v) is 20.0. The molecule has 35 heavy (non-hydrogen) atoms. The fourth-order valence-corrected chi connectivity index (χ4v) is 3.38. The summed E-state index contributed by atoms with van der Waals surface area (Å²) in [5.74, 6) is -1.01. The van der Waals surface area contributed by atoms with Crippen LogP contribution >= 0.6 is 12.2 Å². The van der Waals surface area contributed by atoms with Gasteiger partial charge in [-0.25, -0.2) is 0 Å². The van der Waals surface area contributed by atoms with Crippen LogP contribution in [0.25, 0.3) is 0 Å². The number of thiocarbonyl (C=S) groups is 1. The van der Waals surface area contributed by atoms with Crippen molar-refractivity contribution in [2.45, 2.75) is 25.8 Å². The third-order valence-corrected chi connectivity index (χ3v) is 5.21. The minimum absolute atomic E-state index is 0.0317. The average Bonchev–Trinajstić information content (AvgIpc) is 2.87. The number of nitrogens with one attached hydrogen (secondary N) is 3. The predicted octanol–water partition coefficient (Wildman–Crippen LogP) is 4.00. The number of carbonyl (C=O) groups excluding carboxylic acids is 3. The van der Waals surface area contributed by atoms with Crippen LogP contribution in [0.4, 0.5) is 5.69 Å². The van der Waals surface area contributed by atoms with Crippen LogP contribution in [0.1, 0.15) is 34.3 Å². The first-order chi connectivity index (χ1) is 17.0. The summed E-state index contributed by atoms with van der Waals surface area (Å²) in [4.78, 5) is 36.2. The van der Waals surface area contributed by atoms with Gasteiger partial charge in [-0.2, -0.15) is 0 Å². The quantitative estimate of drug-likeness (QED) is 0.294. The van der Waals surface area contributed by atoms with Crippen LogP contribution in [0.15, 0.2) is 84.9 Å². The summed E-state index contributed by atoms with van der Waals surface area (Å²) in [7, 11) is 0. The number of amides is 2. The molecule has 3 rings (SSSR count). The maximum absolute atomic E-state index is 12.3. The number of esters is 1. The Labute approximate surface area is 209 Å². The number of rotatable bonds is 10. The van der Waals surface area contributed by atoms with Gasteiger partial charge in [-0.15, -0.1) is 0 Å². The van der Waals surface area contributed by atoms with Crippen molar-refractivity contribution < 1.29 is 19.1 Å². The van der Waals surface area contributed by atoms with Crippen molar-refractivity contribution in [3.8, 4) is 0 Å². The summed E-state index contributed by atoms with van der Waals surface area (Å²) < 4.78 is 5.17. The Bertz CT molecular complexity index is 1140. The molecular formula is C27H27N3O4S. The van der Waals surface area contributed by atoms with Gasteiger partial charge in [0.15, 0.2) is 5.11 Å². The minimum atomic E-state index is -0.434. The van der Waals surface area contributed by atoms with Gasteiger partial charge in [0.1, 0.15) is 0 Å². The molecule has 3 aromatic rings. The fourth-order valence-electron chi connectivity index (χ4n) is 3.15. The van der Waals surface area contributed by atoms with Gasteiger partial charge < -0.3 is 20.7 Å². The Balaban J connectivity index is 1.33. The molecule has 0 heterocycles. The first-order valence-electron chi connectivity index (χ1n) is 11.2. The summed E-state index contributed by atoms with van der Waals surface area (Å²) in [5, 5.41) is 8.40. The third kappa shape index (κ3) is 9.38. The van der Waals surface area contributed by atoms with Crippen LogP contribution in [0.2, 0.25) is 0 Å². The van der Waals surface area contributed by atoms with E-state index < -0.39 is 5.97 Å². The van der Waals surface area contributed by atoms with Crippen molar-refractivity contribution >= 4 is 40.8 Å². The van der Waals surface area contributed by atoms with Crippen molar-refractivity contribution in [3.63, 3.8) is 0 Å². The molecule has 0 aromatic heterocycles. The predicted molar refractivity (Wildman–Crippen MR) is 139 cm³/mol. The van der Waals surface area contributed by atoms with Crippen LogP contribution < -0.4 is 16.0 Å². The lowest BCUT2D eigenvalue weighted by Crippen LogP contribution is -2.34. The van der Waals surface area contributed by atoms with E-state index in [1.807, 2.05) is 60.7 Å². The largest absolute Gasteiger partial charge is 0.465 e. The van der Waals surface area contributed by atoms with E-state index in [-0.39, 0.29) is 36.4 Å². The van der Waals surface area contributed by atoms with Crippen molar-refractivity contribution in [3.05, 3.63) is 102 Å². The maximum atomic E-state index is 12.3. The van der Waals surface area contributed by atoms with Crippen molar-refractivity contribution in [2.75, 3.05) is 11.9 Å². The molecule has 0 atom stereocenters. The molecule has 0 aliphatic heterocycles. The number of ether oxygens (including phenoxy) is 1. The summed E-state index contributed by atoms with van der Waals surface area (Å²) in [5.41, 5.74) is 3.22. The second-order valence-corrected chi connectivity index (χ2v) is 8.11. The van der Waals surface area contributed by atoms with Gasteiger partial charge in [0.25, 0.3) is 5.91 Å². The molecule has 0 saturated carbocycles. The van der Waals surface area contributed by atoms with E-state index in [0.717, 1.165) is 11.1 Å². The zero-order valence-electron chi connectivity index (χ0n) is 19.2. The van der Waals surface area contributed by atoms with Gasteiger partial charge in [-0.1, -0.05) is 60.7 Å². The number of benzene rings is 3. The smallest absolute Gasteiger partial charge is 0.306 e. The SMILES string of the molecule is O=C(CCC(=O)OCCc1ccccc1)NC(=S)Nc1ccc(C(=O)NCc2ccccc2)cc1.